The summed E-state index contributed by atoms with van der Waals surface area (Å²) < 4.78 is 8.12. The van der Waals surface area contributed by atoms with Crippen LogP contribution in [0.5, 0.6) is 11.5 Å². The Morgan fingerprint density at radius 1 is 1.10 bits per heavy atom. The highest BCUT2D eigenvalue weighted by molar-refractivity contribution is 6.02. The molecule has 0 spiro atoms. The molecule has 8 heteroatoms. The summed E-state index contributed by atoms with van der Waals surface area (Å²) in [6.07, 6.45) is 7.22. The summed E-state index contributed by atoms with van der Waals surface area (Å²) in [6, 6.07) is 19.7. The number of allylic oxidation sites excluding steroid dienone is 1. The molecule has 196 valence electrons. The Balaban J connectivity index is 1.32. The van der Waals surface area contributed by atoms with Gasteiger partial charge in [-0.15, -0.1) is 0 Å². The number of nitrogens with zero attached hydrogens (tertiary/aromatic N) is 5. The van der Waals surface area contributed by atoms with Crippen molar-refractivity contribution in [2.75, 3.05) is 12.3 Å². The first-order valence-corrected chi connectivity index (χ1v) is 13.4. The van der Waals surface area contributed by atoms with Gasteiger partial charge in [0.15, 0.2) is 0 Å². The molecule has 1 saturated carbocycles. The maximum atomic E-state index is 13.3. The number of hydrogen-bond acceptors (Lipinski definition) is 6. The summed E-state index contributed by atoms with van der Waals surface area (Å²) in [5, 5.41) is 10.4. The number of fused-ring (bicyclic) bond motifs is 1. The SMILES string of the molecule is Cc1c(-c2ccc(Oc3ccccc3)cc2)c2c(N)ncnc2n1C[C@@H]1CCCN1C(=O)/C(C#N)=C\C1CC1. The molecule has 0 bridgehead atoms. The fraction of sp³-hybridized carbons (Fsp3) is 0.290. The van der Waals surface area contributed by atoms with E-state index in [-0.39, 0.29) is 17.5 Å². The molecule has 2 N–H and O–H groups in total. The largest absolute Gasteiger partial charge is 0.457 e. The first-order valence-electron chi connectivity index (χ1n) is 13.4. The van der Waals surface area contributed by atoms with Crippen molar-refractivity contribution < 1.29 is 9.53 Å². The highest BCUT2D eigenvalue weighted by Crippen LogP contribution is 2.38. The monoisotopic (exact) mass is 518 g/mol. The van der Waals surface area contributed by atoms with Gasteiger partial charge in [0.2, 0.25) is 0 Å². The van der Waals surface area contributed by atoms with Crippen LogP contribution in [-0.4, -0.2) is 37.9 Å². The summed E-state index contributed by atoms with van der Waals surface area (Å²) in [7, 11) is 0. The van der Waals surface area contributed by atoms with E-state index in [9.17, 15) is 10.1 Å². The number of anilines is 1. The number of carbonyl (C=O) groups excluding carboxylic acids is 1. The van der Waals surface area contributed by atoms with Gasteiger partial charge in [0.05, 0.1) is 11.4 Å². The molecule has 2 aromatic carbocycles. The van der Waals surface area contributed by atoms with Crippen LogP contribution in [-0.2, 0) is 11.3 Å². The summed E-state index contributed by atoms with van der Waals surface area (Å²) >= 11 is 0. The van der Waals surface area contributed by atoms with Crippen LogP contribution in [0.1, 0.15) is 31.4 Å². The molecule has 3 heterocycles. The van der Waals surface area contributed by atoms with Gasteiger partial charge in [-0.2, -0.15) is 5.26 Å². The van der Waals surface area contributed by atoms with Crippen LogP contribution in [0.2, 0.25) is 0 Å². The molecule has 0 unspecified atom stereocenters. The Bertz CT molecular complexity index is 1600. The number of carbonyl (C=O) groups is 1. The van der Waals surface area contributed by atoms with Gasteiger partial charge in [-0.05, 0) is 68.4 Å². The highest BCUT2D eigenvalue weighted by Gasteiger charge is 2.33. The van der Waals surface area contributed by atoms with Gasteiger partial charge in [0.1, 0.15) is 40.9 Å². The predicted octanol–water partition coefficient (Wildman–Crippen LogP) is 5.63. The second-order valence-corrected chi connectivity index (χ2v) is 10.3. The second kappa shape index (κ2) is 10.3. The third-order valence-electron chi connectivity index (χ3n) is 7.66. The molecule has 39 heavy (non-hydrogen) atoms. The molecule has 1 saturated heterocycles. The van der Waals surface area contributed by atoms with E-state index >= 15 is 0 Å². The van der Waals surface area contributed by atoms with E-state index in [0.717, 1.165) is 65.0 Å². The molecule has 4 aromatic rings. The first-order chi connectivity index (χ1) is 19.0. The number of nitrogen functional groups attached to an aromatic ring is 1. The molecule has 6 rings (SSSR count). The van der Waals surface area contributed by atoms with Crippen molar-refractivity contribution in [1.29, 1.82) is 5.26 Å². The van der Waals surface area contributed by atoms with Gasteiger partial charge in [-0.3, -0.25) is 4.79 Å². The summed E-state index contributed by atoms with van der Waals surface area (Å²) in [5.41, 5.74) is 10.4. The number of hydrogen-bond donors (Lipinski definition) is 1. The van der Waals surface area contributed by atoms with Crippen LogP contribution >= 0.6 is 0 Å². The van der Waals surface area contributed by atoms with Crippen LogP contribution < -0.4 is 10.5 Å². The third kappa shape index (κ3) is 4.84. The molecule has 8 nitrogen and oxygen atoms in total. The standard InChI is InChI=1S/C31H30N6O2/c1-20-27(22-11-13-26(14-12-22)39-25-7-3-2-4-8-25)28-29(33)34-19-35-30(28)37(20)18-24-6-5-15-36(24)31(38)23(17-32)16-21-9-10-21/h2-4,7-8,11-14,16,19,21,24H,5-6,9-10,15,18H2,1H3,(H2,33,34,35)/b23-16-/t24-/m0/s1. The van der Waals surface area contributed by atoms with Gasteiger partial charge in [-0.1, -0.05) is 36.4 Å². The fourth-order valence-electron chi connectivity index (χ4n) is 5.51. The van der Waals surface area contributed by atoms with Crippen LogP contribution in [0.3, 0.4) is 0 Å². The van der Waals surface area contributed by atoms with E-state index < -0.39 is 0 Å². The topological polar surface area (TPSA) is 110 Å². The molecule has 2 aliphatic rings. The maximum Gasteiger partial charge on any atom is 0.264 e. The van der Waals surface area contributed by atoms with Gasteiger partial charge < -0.3 is 19.9 Å². The third-order valence-corrected chi connectivity index (χ3v) is 7.66. The predicted molar refractivity (Wildman–Crippen MR) is 150 cm³/mol. The molecule has 0 radical (unpaired) electrons. The van der Waals surface area contributed by atoms with Crippen molar-refractivity contribution in [2.45, 2.75) is 45.2 Å². The van der Waals surface area contributed by atoms with E-state index in [0.29, 0.717) is 24.8 Å². The Morgan fingerprint density at radius 2 is 1.85 bits per heavy atom. The lowest BCUT2D eigenvalue weighted by Crippen LogP contribution is -2.39. The van der Waals surface area contributed by atoms with E-state index in [1.165, 1.54) is 6.33 Å². The highest BCUT2D eigenvalue weighted by atomic mass is 16.5. The number of benzene rings is 2. The van der Waals surface area contributed by atoms with Gasteiger partial charge in [0.25, 0.3) is 5.91 Å². The zero-order chi connectivity index (χ0) is 26.9. The van der Waals surface area contributed by atoms with E-state index in [1.807, 2.05) is 65.6 Å². The Hall–Kier alpha value is -4.64. The van der Waals surface area contributed by atoms with Gasteiger partial charge in [0, 0.05) is 24.3 Å². The minimum absolute atomic E-state index is 0.0339. The fourth-order valence-corrected chi connectivity index (χ4v) is 5.51. The molecule has 2 aromatic heterocycles. The quantitative estimate of drug-likeness (QED) is 0.251. The van der Waals surface area contributed by atoms with Gasteiger partial charge >= 0.3 is 0 Å². The lowest BCUT2D eigenvalue weighted by Gasteiger charge is -2.25. The molecule has 2 fully saturated rings. The zero-order valence-electron chi connectivity index (χ0n) is 21.9. The molecular formula is C31H30N6O2. The zero-order valence-corrected chi connectivity index (χ0v) is 21.9. The summed E-state index contributed by atoms with van der Waals surface area (Å²) in [5.74, 6) is 2.14. The number of amides is 1. The number of ether oxygens (including phenoxy) is 1. The van der Waals surface area contributed by atoms with Crippen LogP contribution in [0.4, 0.5) is 5.82 Å². The molecule has 1 atom stereocenters. The van der Waals surface area contributed by atoms with Crippen molar-refractivity contribution in [3.63, 3.8) is 0 Å². The first kappa shape index (κ1) is 24.7. The summed E-state index contributed by atoms with van der Waals surface area (Å²) in [6.45, 7) is 3.28. The smallest absolute Gasteiger partial charge is 0.264 e. The van der Waals surface area contributed by atoms with E-state index in [2.05, 4.69) is 27.5 Å². The van der Waals surface area contributed by atoms with E-state index in [1.54, 1.807) is 0 Å². The molecule has 1 amide bonds. The number of rotatable bonds is 7. The minimum atomic E-state index is -0.163. The minimum Gasteiger partial charge on any atom is -0.457 e. The van der Waals surface area contributed by atoms with Crippen molar-refractivity contribution in [1.82, 2.24) is 19.4 Å². The number of nitrogens with two attached hydrogens (primary N) is 1. The number of nitriles is 1. The normalized spacial score (nSPS) is 17.4. The van der Waals surface area contributed by atoms with Crippen molar-refractivity contribution >= 4 is 22.8 Å². The van der Waals surface area contributed by atoms with Crippen LogP contribution in [0.15, 0.2) is 72.6 Å². The Kier molecular flexibility index (Phi) is 6.49. The van der Waals surface area contributed by atoms with Gasteiger partial charge in [-0.25, -0.2) is 9.97 Å². The van der Waals surface area contributed by atoms with Crippen molar-refractivity contribution in [3.05, 3.63) is 78.3 Å². The Morgan fingerprint density at radius 3 is 2.56 bits per heavy atom. The molecule has 1 aliphatic carbocycles. The number of aromatic nitrogens is 3. The average Bonchev–Trinajstić information content (AvgIpc) is 3.58. The lowest BCUT2D eigenvalue weighted by molar-refractivity contribution is -0.127. The number of para-hydroxylation sites is 1. The van der Waals surface area contributed by atoms with Crippen LogP contribution in [0.25, 0.3) is 22.2 Å². The number of likely N-dealkylation sites (tertiary alicyclic amines) is 1. The lowest BCUT2D eigenvalue weighted by atomic mass is 10.0. The maximum absolute atomic E-state index is 13.3. The Labute approximate surface area is 227 Å². The second-order valence-electron chi connectivity index (χ2n) is 10.3. The molecular weight excluding hydrogens is 488 g/mol. The van der Waals surface area contributed by atoms with Crippen molar-refractivity contribution in [3.8, 4) is 28.7 Å². The average molecular weight is 519 g/mol. The van der Waals surface area contributed by atoms with Crippen LogP contribution in [0, 0.1) is 24.2 Å². The summed E-state index contributed by atoms with van der Waals surface area (Å²) in [4.78, 5) is 24.1. The molecule has 1 aliphatic heterocycles. The van der Waals surface area contributed by atoms with Crippen molar-refractivity contribution in [2.24, 2.45) is 5.92 Å². The van der Waals surface area contributed by atoms with E-state index in [4.69, 9.17) is 10.5 Å².